The maximum atomic E-state index is 5.08. The molecule has 1 aliphatic carbocycles. The molecule has 0 saturated carbocycles. The van der Waals surface area contributed by atoms with Gasteiger partial charge in [-0.2, -0.15) is 0 Å². The normalized spacial score (nSPS) is 12.8. The summed E-state index contributed by atoms with van der Waals surface area (Å²) in [7, 11) is 0. The molecule has 244 valence electrons. The molecule has 3 heterocycles. The number of thiophene rings is 1. The van der Waals surface area contributed by atoms with Gasteiger partial charge in [0.25, 0.3) is 0 Å². The Balaban J connectivity index is 1.10. The summed E-state index contributed by atoms with van der Waals surface area (Å²) in [6.07, 6.45) is 6.91. The number of benzene rings is 7. The maximum absolute atomic E-state index is 5.08. The van der Waals surface area contributed by atoms with Crippen LogP contribution >= 0.6 is 11.3 Å². The van der Waals surface area contributed by atoms with E-state index in [4.69, 9.17) is 9.97 Å². The average Bonchev–Trinajstić information content (AvgIpc) is 3.78. The summed E-state index contributed by atoms with van der Waals surface area (Å²) in [4.78, 5) is 10.2. The van der Waals surface area contributed by atoms with Crippen molar-refractivity contribution in [3.05, 3.63) is 169 Å². The number of aryl methyl sites for hydroxylation is 1. The lowest BCUT2D eigenvalue weighted by atomic mass is 9.88. The molecule has 0 aliphatic heterocycles. The topological polar surface area (TPSA) is 30.7 Å². The van der Waals surface area contributed by atoms with Gasteiger partial charge in [-0.3, -0.25) is 0 Å². The number of hydrogen-bond acceptors (Lipinski definition) is 3. The summed E-state index contributed by atoms with van der Waals surface area (Å²) in [5.74, 6) is 0.713. The molecule has 0 atom stereocenters. The van der Waals surface area contributed by atoms with Crippen LogP contribution in [-0.2, 0) is 6.42 Å². The monoisotopic (exact) mass is 681 g/mol. The minimum Gasteiger partial charge on any atom is -0.309 e. The summed E-state index contributed by atoms with van der Waals surface area (Å²) < 4.78 is 5.16. The summed E-state index contributed by atoms with van der Waals surface area (Å²) in [6.45, 7) is 0. The average molecular weight is 682 g/mol. The van der Waals surface area contributed by atoms with Crippen molar-refractivity contribution in [2.45, 2.75) is 12.8 Å². The Morgan fingerprint density at radius 2 is 1.13 bits per heavy atom. The molecule has 0 fully saturated rings. The van der Waals surface area contributed by atoms with Crippen LogP contribution in [0, 0.1) is 0 Å². The fourth-order valence-corrected chi connectivity index (χ4v) is 9.72. The fourth-order valence-electron chi connectivity index (χ4n) is 8.31. The minimum absolute atomic E-state index is 0.713. The van der Waals surface area contributed by atoms with Crippen molar-refractivity contribution in [3.8, 4) is 39.6 Å². The van der Waals surface area contributed by atoms with Gasteiger partial charge in [0.05, 0.1) is 22.4 Å². The van der Waals surface area contributed by atoms with E-state index in [0.717, 1.165) is 46.6 Å². The van der Waals surface area contributed by atoms with Crippen LogP contribution in [0.3, 0.4) is 0 Å². The van der Waals surface area contributed by atoms with E-state index in [1.54, 1.807) is 0 Å². The van der Waals surface area contributed by atoms with Gasteiger partial charge in [-0.05, 0) is 77.2 Å². The maximum Gasteiger partial charge on any atom is 0.160 e. The number of rotatable bonds is 4. The lowest BCUT2D eigenvalue weighted by Gasteiger charge is -2.16. The fraction of sp³-hybridized carbons (Fsp3) is 0.0417. The molecule has 1 aliphatic rings. The van der Waals surface area contributed by atoms with Gasteiger partial charge in [-0.25, -0.2) is 9.97 Å². The van der Waals surface area contributed by atoms with E-state index in [-0.39, 0.29) is 0 Å². The second-order valence-electron chi connectivity index (χ2n) is 13.6. The second kappa shape index (κ2) is 11.6. The van der Waals surface area contributed by atoms with E-state index < -0.39 is 0 Å². The van der Waals surface area contributed by atoms with Gasteiger partial charge in [0.15, 0.2) is 5.82 Å². The Labute approximate surface area is 304 Å². The highest BCUT2D eigenvalue weighted by Crippen LogP contribution is 2.48. The molecule has 52 heavy (non-hydrogen) atoms. The largest absolute Gasteiger partial charge is 0.309 e. The molecule has 0 N–H and O–H groups in total. The van der Waals surface area contributed by atoms with Crippen LogP contribution in [0.15, 0.2) is 158 Å². The molecule has 10 aromatic rings. The molecule has 3 nitrogen and oxygen atoms in total. The molecule has 0 saturated heterocycles. The lowest BCUT2D eigenvalue weighted by molar-refractivity contribution is 1.00. The van der Waals surface area contributed by atoms with Crippen LogP contribution in [0.4, 0.5) is 0 Å². The van der Waals surface area contributed by atoms with Crippen molar-refractivity contribution in [3.63, 3.8) is 0 Å². The molecular weight excluding hydrogens is 651 g/mol. The number of hydrogen-bond donors (Lipinski definition) is 0. The minimum atomic E-state index is 0.713. The smallest absolute Gasteiger partial charge is 0.160 e. The van der Waals surface area contributed by atoms with Crippen LogP contribution in [0.2, 0.25) is 0 Å². The van der Waals surface area contributed by atoms with Gasteiger partial charge in [0.2, 0.25) is 0 Å². The van der Waals surface area contributed by atoms with Crippen molar-refractivity contribution in [2.75, 3.05) is 0 Å². The first kappa shape index (κ1) is 29.4. The molecule has 11 rings (SSSR count). The SMILES string of the molecule is C1=Cc2c(c3ccccc3c3sc4c(ccc5c4c4ccccc4n5-c4ccc(-c5nc(-c6ccccc6)cc(-c6ccccc6)n5)cc4)c23)CC1. The van der Waals surface area contributed by atoms with Crippen LogP contribution in [0.5, 0.6) is 0 Å². The van der Waals surface area contributed by atoms with E-state index in [9.17, 15) is 0 Å². The van der Waals surface area contributed by atoms with E-state index in [1.807, 2.05) is 23.5 Å². The highest BCUT2D eigenvalue weighted by molar-refractivity contribution is 7.27. The first-order chi connectivity index (χ1) is 25.8. The van der Waals surface area contributed by atoms with Crippen molar-refractivity contribution < 1.29 is 0 Å². The summed E-state index contributed by atoms with van der Waals surface area (Å²) in [6, 6.07) is 54.1. The van der Waals surface area contributed by atoms with Crippen molar-refractivity contribution >= 4 is 70.2 Å². The third-order valence-corrected chi connectivity index (χ3v) is 11.9. The van der Waals surface area contributed by atoms with Crippen LogP contribution < -0.4 is 0 Å². The van der Waals surface area contributed by atoms with Gasteiger partial charge in [-0.1, -0.05) is 121 Å². The first-order valence-electron chi connectivity index (χ1n) is 17.9. The van der Waals surface area contributed by atoms with Crippen LogP contribution in [0.1, 0.15) is 17.5 Å². The molecule has 3 aromatic heterocycles. The number of nitrogens with zero attached hydrogens (tertiary/aromatic N) is 3. The highest BCUT2D eigenvalue weighted by Gasteiger charge is 2.22. The van der Waals surface area contributed by atoms with Crippen molar-refractivity contribution in [1.82, 2.24) is 14.5 Å². The summed E-state index contributed by atoms with van der Waals surface area (Å²) in [5, 5.41) is 8.12. The zero-order valence-corrected chi connectivity index (χ0v) is 29.1. The predicted molar refractivity (Wildman–Crippen MR) is 220 cm³/mol. The van der Waals surface area contributed by atoms with Crippen molar-refractivity contribution in [1.29, 1.82) is 0 Å². The van der Waals surface area contributed by atoms with E-state index in [2.05, 4.69) is 156 Å². The molecular formula is C48H31N3S. The van der Waals surface area contributed by atoms with Gasteiger partial charge < -0.3 is 4.57 Å². The van der Waals surface area contributed by atoms with Crippen molar-refractivity contribution in [2.24, 2.45) is 0 Å². The van der Waals surface area contributed by atoms with Gasteiger partial charge in [-0.15, -0.1) is 11.3 Å². The summed E-state index contributed by atoms with van der Waals surface area (Å²) >= 11 is 1.95. The van der Waals surface area contributed by atoms with Gasteiger partial charge >= 0.3 is 0 Å². The zero-order valence-electron chi connectivity index (χ0n) is 28.3. The summed E-state index contributed by atoms with van der Waals surface area (Å²) in [5.41, 5.74) is 11.4. The Kier molecular flexibility index (Phi) is 6.55. The molecule has 0 spiro atoms. The Hall–Kier alpha value is -6.36. The molecule has 4 heteroatoms. The molecule has 0 bridgehead atoms. The van der Waals surface area contributed by atoms with E-state index in [0.29, 0.717) is 5.82 Å². The lowest BCUT2D eigenvalue weighted by Crippen LogP contribution is -1.97. The Morgan fingerprint density at radius 3 is 1.87 bits per heavy atom. The quantitative estimate of drug-likeness (QED) is 0.185. The highest BCUT2D eigenvalue weighted by atomic mass is 32.1. The third kappa shape index (κ3) is 4.44. The van der Waals surface area contributed by atoms with Crippen LogP contribution in [0.25, 0.3) is 98.4 Å². The number of aromatic nitrogens is 3. The van der Waals surface area contributed by atoms with Gasteiger partial charge in [0, 0.05) is 53.3 Å². The number of para-hydroxylation sites is 1. The first-order valence-corrected chi connectivity index (χ1v) is 18.7. The van der Waals surface area contributed by atoms with Crippen LogP contribution in [-0.4, -0.2) is 14.5 Å². The number of allylic oxidation sites excluding steroid dienone is 1. The molecule has 0 unspecified atom stereocenters. The molecule has 0 amide bonds. The van der Waals surface area contributed by atoms with E-state index in [1.165, 1.54) is 63.9 Å². The van der Waals surface area contributed by atoms with Gasteiger partial charge in [0.1, 0.15) is 0 Å². The number of fused-ring (bicyclic) bond motifs is 12. The zero-order chi connectivity index (χ0) is 34.2. The Morgan fingerprint density at radius 1 is 0.500 bits per heavy atom. The second-order valence-corrected chi connectivity index (χ2v) is 14.6. The third-order valence-electron chi connectivity index (χ3n) is 10.7. The standard InChI is InChI=1S/C48H31N3S/c1-3-13-30(14-4-1)40-29-41(31-15-5-2-6-16-31)50-48(49-40)32-23-25-33(26-24-32)51-42-22-12-11-21-38(42)45-43(51)28-27-39-44-36-19-9-7-17-34(36)35-18-8-10-20-37(35)46(44)52-47(39)45/h1-6,8-16,18-29H,7,17H2. The predicted octanol–water partition coefficient (Wildman–Crippen LogP) is 13.1. The molecule has 0 radical (unpaired) electrons. The molecule has 7 aromatic carbocycles. The Bertz CT molecular complexity index is 2990. The van der Waals surface area contributed by atoms with E-state index >= 15 is 0 Å².